The van der Waals surface area contributed by atoms with Gasteiger partial charge in [-0.05, 0) is 17.7 Å². The normalized spacial score (nSPS) is 27.0. The Kier molecular flexibility index (Phi) is 3.56. The van der Waals surface area contributed by atoms with E-state index in [4.69, 9.17) is 18.9 Å². The summed E-state index contributed by atoms with van der Waals surface area (Å²) in [6, 6.07) is 7.86. The molecular weight excluding hydrogens is 268 g/mol. The van der Waals surface area contributed by atoms with Crippen molar-refractivity contribution in [1.82, 2.24) is 0 Å². The summed E-state index contributed by atoms with van der Waals surface area (Å²) >= 11 is 0. The van der Waals surface area contributed by atoms with Crippen molar-refractivity contribution in [2.24, 2.45) is 5.41 Å². The Bertz CT molecular complexity index is 522. The molecule has 3 rings (SSSR count). The Morgan fingerprint density at radius 3 is 2.33 bits per heavy atom. The van der Waals surface area contributed by atoms with Gasteiger partial charge in [-0.3, -0.25) is 0 Å². The van der Waals surface area contributed by atoms with Crippen LogP contribution in [0.15, 0.2) is 36.4 Å². The summed E-state index contributed by atoms with van der Waals surface area (Å²) < 4.78 is 23.0. The highest BCUT2D eigenvalue weighted by atomic mass is 16.9. The lowest BCUT2D eigenvalue weighted by Crippen LogP contribution is -2.48. The van der Waals surface area contributed by atoms with E-state index < -0.39 is 5.97 Å². The molecule has 0 aromatic heterocycles. The molecule has 0 N–H and O–H groups in total. The van der Waals surface area contributed by atoms with Crippen molar-refractivity contribution < 1.29 is 18.9 Å². The lowest BCUT2D eigenvalue weighted by atomic mass is 9.95. The summed E-state index contributed by atoms with van der Waals surface area (Å²) in [6.07, 6.45) is 0.608. The molecule has 1 spiro atoms. The predicted octanol–water partition coefficient (Wildman–Crippen LogP) is 3.44. The first-order valence-electron chi connectivity index (χ1n) is 7.22. The molecule has 2 saturated heterocycles. The van der Waals surface area contributed by atoms with Gasteiger partial charge in [-0.25, -0.2) is 0 Å². The van der Waals surface area contributed by atoms with E-state index in [0.29, 0.717) is 19.6 Å². The molecule has 4 nitrogen and oxygen atoms in total. The third kappa shape index (κ3) is 2.71. The molecule has 21 heavy (non-hydrogen) atoms. The van der Waals surface area contributed by atoms with Crippen LogP contribution in [0.25, 0.3) is 0 Å². The Morgan fingerprint density at radius 1 is 1.14 bits per heavy atom. The summed E-state index contributed by atoms with van der Waals surface area (Å²) in [7, 11) is 1.66. The van der Waals surface area contributed by atoms with Gasteiger partial charge in [0, 0.05) is 17.4 Å². The molecule has 114 valence electrons. The van der Waals surface area contributed by atoms with E-state index in [1.807, 2.05) is 24.3 Å². The average Bonchev–Trinajstić information content (AvgIpc) is 2.80. The minimum absolute atomic E-state index is 0.00703. The summed E-state index contributed by atoms with van der Waals surface area (Å²) in [6.45, 7) is 9.51. The van der Waals surface area contributed by atoms with Gasteiger partial charge in [-0.15, -0.1) is 0 Å². The molecule has 0 amide bonds. The van der Waals surface area contributed by atoms with Crippen molar-refractivity contribution >= 4 is 0 Å². The second-order valence-electron chi connectivity index (χ2n) is 6.49. The first-order chi connectivity index (χ1) is 9.94. The fourth-order valence-electron chi connectivity index (χ4n) is 2.60. The van der Waals surface area contributed by atoms with Crippen molar-refractivity contribution in [1.29, 1.82) is 0 Å². The monoisotopic (exact) mass is 290 g/mol. The van der Waals surface area contributed by atoms with Crippen LogP contribution in [0.3, 0.4) is 0 Å². The highest BCUT2D eigenvalue weighted by Crippen LogP contribution is 2.47. The molecule has 1 aromatic carbocycles. The number of methoxy groups -OCH3 is 1. The first-order valence-corrected chi connectivity index (χ1v) is 7.22. The molecule has 0 saturated carbocycles. The van der Waals surface area contributed by atoms with Crippen molar-refractivity contribution in [2.75, 3.05) is 20.3 Å². The molecule has 0 aliphatic carbocycles. The Balaban J connectivity index is 1.75. The lowest BCUT2D eigenvalue weighted by molar-refractivity contribution is -0.391. The Hall–Kier alpha value is -1.36. The summed E-state index contributed by atoms with van der Waals surface area (Å²) in [5, 5.41) is 0. The maximum absolute atomic E-state index is 6.07. The second-order valence-corrected chi connectivity index (χ2v) is 6.49. The summed E-state index contributed by atoms with van der Waals surface area (Å²) in [4.78, 5) is 0. The minimum atomic E-state index is -1.07. The van der Waals surface area contributed by atoms with E-state index in [2.05, 4.69) is 20.4 Å². The molecule has 1 unspecified atom stereocenters. The SMILES string of the molecule is C=C1CC(c2ccc(OC)cc2)OC12OCC(C)(C)CO2. The third-order valence-electron chi connectivity index (χ3n) is 3.96. The molecule has 1 aromatic rings. The van der Waals surface area contributed by atoms with Gasteiger partial charge in [0.05, 0.1) is 26.4 Å². The maximum atomic E-state index is 6.07. The highest BCUT2D eigenvalue weighted by molar-refractivity contribution is 5.31. The quantitative estimate of drug-likeness (QED) is 0.782. The van der Waals surface area contributed by atoms with E-state index in [9.17, 15) is 0 Å². The molecule has 2 fully saturated rings. The van der Waals surface area contributed by atoms with Crippen molar-refractivity contribution in [2.45, 2.75) is 32.3 Å². The van der Waals surface area contributed by atoms with Crippen LogP contribution < -0.4 is 4.74 Å². The molecule has 2 aliphatic heterocycles. The van der Waals surface area contributed by atoms with Crippen LogP contribution in [-0.4, -0.2) is 26.3 Å². The number of ether oxygens (including phenoxy) is 4. The zero-order valence-corrected chi connectivity index (χ0v) is 12.8. The topological polar surface area (TPSA) is 36.9 Å². The van der Waals surface area contributed by atoms with Gasteiger partial charge < -0.3 is 18.9 Å². The van der Waals surface area contributed by atoms with Gasteiger partial charge in [0.15, 0.2) is 0 Å². The number of hydrogen-bond donors (Lipinski definition) is 0. The van der Waals surface area contributed by atoms with Crippen molar-refractivity contribution in [3.8, 4) is 5.75 Å². The fourth-order valence-corrected chi connectivity index (χ4v) is 2.60. The van der Waals surface area contributed by atoms with Gasteiger partial charge in [0.1, 0.15) is 5.75 Å². The van der Waals surface area contributed by atoms with Crippen LogP contribution in [0, 0.1) is 5.41 Å². The van der Waals surface area contributed by atoms with Crippen molar-refractivity contribution in [3.63, 3.8) is 0 Å². The minimum Gasteiger partial charge on any atom is -0.497 e. The largest absolute Gasteiger partial charge is 0.497 e. The van der Waals surface area contributed by atoms with E-state index in [1.54, 1.807) is 7.11 Å². The third-order valence-corrected chi connectivity index (χ3v) is 3.96. The molecule has 0 bridgehead atoms. The van der Waals surface area contributed by atoms with Gasteiger partial charge in [-0.1, -0.05) is 32.6 Å². The van der Waals surface area contributed by atoms with Crippen LogP contribution >= 0.6 is 0 Å². The van der Waals surface area contributed by atoms with Gasteiger partial charge in [-0.2, -0.15) is 0 Å². The van der Waals surface area contributed by atoms with Gasteiger partial charge in [0.25, 0.3) is 0 Å². The number of hydrogen-bond acceptors (Lipinski definition) is 4. The fraction of sp³-hybridized carbons (Fsp3) is 0.529. The van der Waals surface area contributed by atoms with E-state index in [0.717, 1.165) is 16.9 Å². The molecular formula is C17H22O4. The van der Waals surface area contributed by atoms with Crippen molar-refractivity contribution in [3.05, 3.63) is 42.0 Å². The van der Waals surface area contributed by atoms with E-state index in [1.165, 1.54) is 0 Å². The molecule has 2 heterocycles. The van der Waals surface area contributed by atoms with E-state index in [-0.39, 0.29) is 11.5 Å². The maximum Gasteiger partial charge on any atom is 0.308 e. The zero-order valence-electron chi connectivity index (χ0n) is 12.8. The Morgan fingerprint density at radius 2 is 1.76 bits per heavy atom. The summed E-state index contributed by atoms with van der Waals surface area (Å²) in [5.41, 5.74) is 1.93. The predicted molar refractivity (Wildman–Crippen MR) is 79.0 cm³/mol. The summed E-state index contributed by atoms with van der Waals surface area (Å²) in [5.74, 6) is -0.239. The van der Waals surface area contributed by atoms with Crippen LogP contribution in [0.2, 0.25) is 0 Å². The van der Waals surface area contributed by atoms with E-state index >= 15 is 0 Å². The van der Waals surface area contributed by atoms with Crippen LogP contribution in [0.1, 0.15) is 31.9 Å². The molecule has 0 radical (unpaired) electrons. The standard InChI is InChI=1S/C17H22O4/c1-12-9-15(13-5-7-14(18-4)8-6-13)21-17(12)19-10-16(2,3)11-20-17/h5-8,15H,1,9-11H2,2-4H3. The van der Waals surface area contributed by atoms with Gasteiger partial charge in [0.2, 0.25) is 0 Å². The average molecular weight is 290 g/mol. The van der Waals surface area contributed by atoms with Crippen LogP contribution in [-0.2, 0) is 14.2 Å². The highest BCUT2D eigenvalue weighted by Gasteiger charge is 2.50. The van der Waals surface area contributed by atoms with Crippen LogP contribution in [0.4, 0.5) is 0 Å². The molecule has 4 heteroatoms. The smallest absolute Gasteiger partial charge is 0.308 e. The Labute approximate surface area is 125 Å². The zero-order chi connectivity index (χ0) is 15.1. The first kappa shape index (κ1) is 14.6. The molecule has 2 aliphatic rings. The molecule has 1 atom stereocenters. The number of rotatable bonds is 2. The lowest BCUT2D eigenvalue weighted by Gasteiger charge is -2.40. The number of benzene rings is 1. The van der Waals surface area contributed by atoms with Gasteiger partial charge >= 0.3 is 5.97 Å². The second kappa shape index (κ2) is 5.13. The van der Waals surface area contributed by atoms with Crippen LogP contribution in [0.5, 0.6) is 5.75 Å².